The molecule has 86 valence electrons. The lowest BCUT2D eigenvalue weighted by Gasteiger charge is -2.20. The highest BCUT2D eigenvalue weighted by Gasteiger charge is 2.10. The van der Waals surface area contributed by atoms with E-state index in [0.29, 0.717) is 5.92 Å². The SMILES string of the molecule is CC(C)C(Cl)CNCCOC(C)(C)C. The molecule has 0 bridgehead atoms. The van der Waals surface area contributed by atoms with Crippen LogP contribution in [0.3, 0.4) is 0 Å². The van der Waals surface area contributed by atoms with Gasteiger partial charge in [-0.3, -0.25) is 0 Å². The Morgan fingerprint density at radius 2 is 1.86 bits per heavy atom. The third-order valence-corrected chi connectivity index (χ3v) is 2.53. The second-order valence-corrected chi connectivity index (χ2v) is 5.49. The zero-order valence-corrected chi connectivity index (χ0v) is 10.8. The van der Waals surface area contributed by atoms with Crippen molar-refractivity contribution in [2.24, 2.45) is 5.92 Å². The largest absolute Gasteiger partial charge is 0.375 e. The molecule has 0 aliphatic heterocycles. The Balaban J connectivity index is 3.30. The van der Waals surface area contributed by atoms with Crippen LogP contribution >= 0.6 is 11.6 Å². The molecule has 0 aromatic carbocycles. The maximum atomic E-state index is 6.08. The maximum Gasteiger partial charge on any atom is 0.0599 e. The molecule has 0 aromatic rings. The van der Waals surface area contributed by atoms with Crippen LogP contribution in [0, 0.1) is 5.92 Å². The van der Waals surface area contributed by atoms with Crippen LogP contribution in [0.25, 0.3) is 0 Å². The number of hydrogen-bond donors (Lipinski definition) is 1. The van der Waals surface area contributed by atoms with Crippen molar-refractivity contribution in [1.29, 1.82) is 0 Å². The highest BCUT2D eigenvalue weighted by Crippen LogP contribution is 2.08. The summed E-state index contributed by atoms with van der Waals surface area (Å²) in [5.41, 5.74) is -0.0416. The van der Waals surface area contributed by atoms with Crippen LogP contribution in [0.4, 0.5) is 0 Å². The summed E-state index contributed by atoms with van der Waals surface area (Å²) in [7, 11) is 0. The molecular weight excluding hydrogens is 198 g/mol. The highest BCUT2D eigenvalue weighted by molar-refractivity contribution is 6.20. The fourth-order valence-corrected chi connectivity index (χ4v) is 1.01. The van der Waals surface area contributed by atoms with Crippen LogP contribution in [-0.4, -0.2) is 30.7 Å². The fraction of sp³-hybridized carbons (Fsp3) is 1.00. The Morgan fingerprint density at radius 1 is 1.29 bits per heavy atom. The smallest absolute Gasteiger partial charge is 0.0599 e. The van der Waals surface area contributed by atoms with E-state index in [4.69, 9.17) is 16.3 Å². The van der Waals surface area contributed by atoms with Crippen LogP contribution in [0.2, 0.25) is 0 Å². The van der Waals surface area contributed by atoms with E-state index >= 15 is 0 Å². The normalized spacial score (nSPS) is 14.8. The molecule has 0 fully saturated rings. The van der Waals surface area contributed by atoms with Crippen molar-refractivity contribution in [2.75, 3.05) is 19.7 Å². The minimum atomic E-state index is -0.0416. The van der Waals surface area contributed by atoms with Crippen molar-refractivity contribution < 1.29 is 4.74 Å². The second-order valence-electron chi connectivity index (χ2n) is 4.92. The van der Waals surface area contributed by atoms with Gasteiger partial charge in [0, 0.05) is 18.5 Å². The summed E-state index contributed by atoms with van der Waals surface area (Å²) in [6.45, 7) is 12.9. The molecule has 0 radical (unpaired) electrons. The summed E-state index contributed by atoms with van der Waals surface area (Å²) in [6.07, 6.45) is 0. The molecular formula is C11H24ClNO. The summed E-state index contributed by atoms with van der Waals surface area (Å²) in [5, 5.41) is 3.49. The van der Waals surface area contributed by atoms with E-state index in [1.165, 1.54) is 0 Å². The molecule has 0 aliphatic carbocycles. The number of hydrogen-bond acceptors (Lipinski definition) is 2. The topological polar surface area (TPSA) is 21.3 Å². The predicted octanol–water partition coefficient (Wildman–Crippen LogP) is 2.65. The maximum absolute atomic E-state index is 6.08. The first-order valence-corrected chi connectivity index (χ1v) is 5.75. The summed E-state index contributed by atoms with van der Waals surface area (Å²) >= 11 is 6.08. The average molecular weight is 222 g/mol. The third kappa shape index (κ3) is 8.79. The molecule has 0 saturated heterocycles. The van der Waals surface area contributed by atoms with E-state index in [1.54, 1.807) is 0 Å². The first kappa shape index (κ1) is 14.2. The molecule has 2 nitrogen and oxygen atoms in total. The lowest BCUT2D eigenvalue weighted by molar-refractivity contribution is -0.000778. The van der Waals surface area contributed by atoms with Crippen LogP contribution < -0.4 is 5.32 Å². The average Bonchev–Trinajstić information content (AvgIpc) is 2.01. The molecule has 0 aromatic heterocycles. The molecule has 0 rings (SSSR count). The molecule has 0 heterocycles. The van der Waals surface area contributed by atoms with Gasteiger partial charge in [0.05, 0.1) is 12.2 Å². The van der Waals surface area contributed by atoms with Crippen LogP contribution in [0.1, 0.15) is 34.6 Å². The van der Waals surface area contributed by atoms with Gasteiger partial charge < -0.3 is 10.1 Å². The fourth-order valence-electron chi connectivity index (χ4n) is 0.905. The van der Waals surface area contributed by atoms with Crippen LogP contribution in [0.5, 0.6) is 0 Å². The van der Waals surface area contributed by atoms with Crippen LogP contribution in [0.15, 0.2) is 0 Å². The van der Waals surface area contributed by atoms with Crippen molar-refractivity contribution in [1.82, 2.24) is 5.32 Å². The van der Waals surface area contributed by atoms with Crippen molar-refractivity contribution >= 4 is 11.6 Å². The Bertz CT molecular complexity index is 143. The van der Waals surface area contributed by atoms with Crippen molar-refractivity contribution in [2.45, 2.75) is 45.6 Å². The molecule has 0 saturated carbocycles. The van der Waals surface area contributed by atoms with Gasteiger partial charge in [-0.2, -0.15) is 0 Å². The van der Waals surface area contributed by atoms with Gasteiger partial charge in [0.25, 0.3) is 0 Å². The molecule has 1 unspecified atom stereocenters. The van der Waals surface area contributed by atoms with Gasteiger partial charge in [-0.25, -0.2) is 0 Å². The summed E-state index contributed by atoms with van der Waals surface area (Å²) < 4.78 is 5.57. The van der Waals surface area contributed by atoms with E-state index in [1.807, 2.05) is 0 Å². The van der Waals surface area contributed by atoms with Gasteiger partial charge in [0.1, 0.15) is 0 Å². The predicted molar refractivity (Wildman–Crippen MR) is 63.1 cm³/mol. The molecule has 0 amide bonds. The quantitative estimate of drug-likeness (QED) is 0.550. The number of halogens is 1. The Hall–Kier alpha value is 0.210. The van der Waals surface area contributed by atoms with Gasteiger partial charge in [-0.05, 0) is 26.7 Å². The van der Waals surface area contributed by atoms with Crippen molar-refractivity contribution in [3.05, 3.63) is 0 Å². The first-order chi connectivity index (χ1) is 6.33. The summed E-state index contributed by atoms with van der Waals surface area (Å²) in [5.74, 6) is 0.521. The van der Waals surface area contributed by atoms with E-state index in [2.05, 4.69) is 39.9 Å². The minimum absolute atomic E-state index is 0.0416. The Morgan fingerprint density at radius 3 is 2.29 bits per heavy atom. The van der Waals surface area contributed by atoms with E-state index in [9.17, 15) is 0 Å². The second kappa shape index (κ2) is 6.65. The molecule has 0 spiro atoms. The van der Waals surface area contributed by atoms with Crippen LogP contribution in [-0.2, 0) is 4.74 Å². The zero-order chi connectivity index (χ0) is 11.2. The summed E-state index contributed by atoms with van der Waals surface area (Å²) in [6, 6.07) is 0. The molecule has 0 aliphatic rings. The monoisotopic (exact) mass is 221 g/mol. The lowest BCUT2D eigenvalue weighted by Crippen LogP contribution is -2.31. The third-order valence-electron chi connectivity index (χ3n) is 1.88. The van der Waals surface area contributed by atoms with Gasteiger partial charge in [0.15, 0.2) is 0 Å². The molecule has 1 atom stereocenters. The van der Waals surface area contributed by atoms with Crippen molar-refractivity contribution in [3.8, 4) is 0 Å². The van der Waals surface area contributed by atoms with Gasteiger partial charge in [-0.1, -0.05) is 13.8 Å². The number of ether oxygens (including phenoxy) is 1. The highest BCUT2D eigenvalue weighted by atomic mass is 35.5. The summed E-state index contributed by atoms with van der Waals surface area (Å²) in [4.78, 5) is 0. The Labute approximate surface area is 93.4 Å². The van der Waals surface area contributed by atoms with Gasteiger partial charge in [0.2, 0.25) is 0 Å². The molecule has 14 heavy (non-hydrogen) atoms. The van der Waals surface area contributed by atoms with E-state index < -0.39 is 0 Å². The van der Waals surface area contributed by atoms with Gasteiger partial charge >= 0.3 is 0 Å². The molecule has 3 heteroatoms. The first-order valence-electron chi connectivity index (χ1n) is 5.31. The standard InChI is InChI=1S/C11H24ClNO/c1-9(2)10(12)8-13-6-7-14-11(3,4)5/h9-10,13H,6-8H2,1-5H3. The minimum Gasteiger partial charge on any atom is -0.375 e. The zero-order valence-electron chi connectivity index (χ0n) is 10.1. The lowest BCUT2D eigenvalue weighted by atomic mass is 10.1. The number of rotatable bonds is 6. The number of nitrogens with one attached hydrogen (secondary N) is 1. The van der Waals surface area contributed by atoms with Gasteiger partial charge in [-0.15, -0.1) is 11.6 Å². The molecule has 1 N–H and O–H groups in total. The van der Waals surface area contributed by atoms with Crippen molar-refractivity contribution in [3.63, 3.8) is 0 Å². The van der Waals surface area contributed by atoms with E-state index in [-0.39, 0.29) is 11.0 Å². The van der Waals surface area contributed by atoms with E-state index in [0.717, 1.165) is 19.7 Å². The Kier molecular flexibility index (Phi) is 6.75. The number of alkyl halides is 1.